The van der Waals surface area contributed by atoms with Crippen LogP contribution in [0, 0.1) is 5.92 Å². The lowest BCUT2D eigenvalue weighted by Crippen LogP contribution is -2.28. The third kappa shape index (κ3) is 5.42. The molecule has 0 saturated carbocycles. The molecule has 1 N–H and O–H groups in total. The summed E-state index contributed by atoms with van der Waals surface area (Å²) in [5.41, 5.74) is 2.50. The molecular weight excluding hydrogens is 362 g/mol. The number of carbonyl (C=O) groups excluding carboxylic acids is 2. The van der Waals surface area contributed by atoms with E-state index in [0.29, 0.717) is 25.9 Å². The normalized spacial score (nSPS) is 11.0. The monoisotopic (exact) mass is 389 g/mol. The highest BCUT2D eigenvalue weighted by atomic mass is 16.6. The first-order valence-corrected chi connectivity index (χ1v) is 9.47. The number of methoxy groups -OCH3 is 1. The number of benzene rings is 1. The number of carbonyl (C=O) groups is 2. The van der Waals surface area contributed by atoms with Crippen molar-refractivity contribution in [3.05, 3.63) is 45.7 Å². The smallest absolute Gasteiger partial charge is 0.320 e. The predicted octanol–water partition coefficient (Wildman–Crippen LogP) is 2.74. The second kappa shape index (κ2) is 10.6. The zero-order valence-electron chi connectivity index (χ0n) is 16.6. The highest BCUT2D eigenvalue weighted by Gasteiger charge is 2.28. The quantitative estimate of drug-likeness (QED) is 0.496. The second-order valence-electron chi connectivity index (χ2n) is 6.38. The summed E-state index contributed by atoms with van der Waals surface area (Å²) in [6.07, 6.45) is 1.58. The summed E-state index contributed by atoms with van der Waals surface area (Å²) in [4.78, 5) is 38.8. The van der Waals surface area contributed by atoms with Crippen LogP contribution >= 0.6 is 0 Å². The Morgan fingerprint density at radius 2 is 1.64 bits per heavy atom. The number of esters is 2. The van der Waals surface area contributed by atoms with Crippen LogP contribution in [0.2, 0.25) is 0 Å². The maximum atomic E-state index is 12.1. The van der Waals surface area contributed by atoms with Gasteiger partial charge in [0.15, 0.2) is 5.92 Å². The van der Waals surface area contributed by atoms with Crippen LogP contribution < -0.4 is 5.56 Å². The van der Waals surface area contributed by atoms with Crippen molar-refractivity contribution in [3.63, 3.8) is 0 Å². The molecule has 0 bridgehead atoms. The molecule has 0 aliphatic carbocycles. The molecule has 1 heterocycles. The second-order valence-corrected chi connectivity index (χ2v) is 6.38. The molecule has 0 saturated heterocycles. The molecule has 0 spiro atoms. The predicted molar refractivity (Wildman–Crippen MR) is 105 cm³/mol. The molecule has 0 amide bonds. The Balaban J connectivity index is 2.17. The number of fused-ring (bicyclic) bond motifs is 1. The van der Waals surface area contributed by atoms with Gasteiger partial charge in [-0.3, -0.25) is 14.4 Å². The molecule has 1 aromatic heterocycles. The van der Waals surface area contributed by atoms with E-state index in [1.54, 1.807) is 27.0 Å². The first-order valence-electron chi connectivity index (χ1n) is 9.47. The van der Waals surface area contributed by atoms with E-state index in [-0.39, 0.29) is 18.8 Å². The van der Waals surface area contributed by atoms with Crippen LogP contribution in [0.25, 0.3) is 10.9 Å². The number of aryl methyl sites for hydroxylation is 1. The van der Waals surface area contributed by atoms with Gasteiger partial charge >= 0.3 is 11.9 Å². The van der Waals surface area contributed by atoms with E-state index in [2.05, 4.69) is 4.98 Å². The van der Waals surface area contributed by atoms with Crippen molar-refractivity contribution < 1.29 is 23.8 Å². The number of rotatable bonds is 10. The molecule has 2 aromatic rings. The van der Waals surface area contributed by atoms with Gasteiger partial charge in [-0.1, -0.05) is 12.1 Å². The fourth-order valence-electron chi connectivity index (χ4n) is 3.18. The molecule has 0 atom stereocenters. The third-order valence-corrected chi connectivity index (χ3v) is 4.45. The largest absolute Gasteiger partial charge is 0.465 e. The summed E-state index contributed by atoms with van der Waals surface area (Å²) >= 11 is 0. The standard InChI is InChI=1S/C21H27NO6/c1-4-27-20(24)17(21(25)28-5-2)8-6-7-14-9-10-15(13-26-3)19-16(14)11-12-18(23)22-19/h9-12,17H,4-8,13H2,1-3H3,(H,22,23). The van der Waals surface area contributed by atoms with Gasteiger partial charge in [0.25, 0.3) is 0 Å². The number of aromatic amines is 1. The Hall–Kier alpha value is -2.67. The van der Waals surface area contributed by atoms with Crippen LogP contribution in [-0.2, 0) is 36.8 Å². The lowest BCUT2D eigenvalue weighted by atomic mass is 9.96. The Morgan fingerprint density at radius 3 is 2.25 bits per heavy atom. The fraction of sp³-hybridized carbons (Fsp3) is 0.476. The molecule has 2 rings (SSSR count). The van der Waals surface area contributed by atoms with Crippen molar-refractivity contribution in [2.75, 3.05) is 20.3 Å². The number of ether oxygens (including phenoxy) is 3. The minimum Gasteiger partial charge on any atom is -0.465 e. The number of H-pyrrole nitrogens is 1. The molecule has 152 valence electrons. The topological polar surface area (TPSA) is 94.7 Å². The summed E-state index contributed by atoms with van der Waals surface area (Å²) in [5, 5.41) is 0.929. The van der Waals surface area contributed by atoms with E-state index >= 15 is 0 Å². The van der Waals surface area contributed by atoms with Crippen molar-refractivity contribution in [2.45, 2.75) is 39.7 Å². The van der Waals surface area contributed by atoms with Crippen LogP contribution in [0.3, 0.4) is 0 Å². The molecule has 0 radical (unpaired) electrons. The van der Waals surface area contributed by atoms with E-state index in [4.69, 9.17) is 14.2 Å². The molecule has 28 heavy (non-hydrogen) atoms. The Labute approximate surface area is 164 Å². The van der Waals surface area contributed by atoms with E-state index in [1.807, 2.05) is 12.1 Å². The van der Waals surface area contributed by atoms with Crippen molar-refractivity contribution >= 4 is 22.8 Å². The van der Waals surface area contributed by atoms with Crippen molar-refractivity contribution in [1.82, 2.24) is 4.98 Å². The Kier molecular flexibility index (Phi) is 8.19. The van der Waals surface area contributed by atoms with Gasteiger partial charge in [0.05, 0.1) is 25.3 Å². The van der Waals surface area contributed by atoms with Crippen LogP contribution in [0.15, 0.2) is 29.1 Å². The molecule has 0 aliphatic rings. The fourth-order valence-corrected chi connectivity index (χ4v) is 3.18. The van der Waals surface area contributed by atoms with Gasteiger partial charge in [-0.15, -0.1) is 0 Å². The molecule has 7 nitrogen and oxygen atoms in total. The van der Waals surface area contributed by atoms with Gasteiger partial charge in [0, 0.05) is 24.1 Å². The van der Waals surface area contributed by atoms with Crippen molar-refractivity contribution in [2.24, 2.45) is 5.92 Å². The summed E-state index contributed by atoms with van der Waals surface area (Å²) in [6.45, 7) is 4.23. The zero-order valence-corrected chi connectivity index (χ0v) is 16.6. The molecular formula is C21H27NO6. The van der Waals surface area contributed by atoms with E-state index in [0.717, 1.165) is 22.0 Å². The lowest BCUT2D eigenvalue weighted by Gasteiger charge is -2.15. The van der Waals surface area contributed by atoms with Gasteiger partial charge in [-0.05, 0) is 44.7 Å². The average Bonchev–Trinajstić information content (AvgIpc) is 2.67. The first kappa shape index (κ1) is 21.6. The highest BCUT2D eigenvalue weighted by molar-refractivity contribution is 5.94. The SMILES string of the molecule is CCOC(=O)C(CCCc1ccc(COC)c2[nH]c(=O)ccc12)C(=O)OCC. The van der Waals surface area contributed by atoms with E-state index in [1.165, 1.54) is 6.07 Å². The Bertz CT molecular complexity index is 855. The maximum Gasteiger partial charge on any atom is 0.320 e. The molecule has 0 aliphatic heterocycles. The summed E-state index contributed by atoms with van der Waals surface area (Å²) in [7, 11) is 1.60. The number of hydrogen-bond donors (Lipinski definition) is 1. The lowest BCUT2D eigenvalue weighted by molar-refractivity contribution is -0.161. The number of nitrogens with one attached hydrogen (secondary N) is 1. The van der Waals surface area contributed by atoms with Crippen LogP contribution in [0.1, 0.15) is 37.8 Å². The van der Waals surface area contributed by atoms with Crippen LogP contribution in [-0.4, -0.2) is 37.2 Å². The van der Waals surface area contributed by atoms with Crippen LogP contribution in [0.4, 0.5) is 0 Å². The van der Waals surface area contributed by atoms with Gasteiger partial charge in [-0.2, -0.15) is 0 Å². The third-order valence-electron chi connectivity index (χ3n) is 4.45. The Morgan fingerprint density at radius 1 is 1.00 bits per heavy atom. The number of hydrogen-bond acceptors (Lipinski definition) is 6. The van der Waals surface area contributed by atoms with Gasteiger partial charge in [-0.25, -0.2) is 0 Å². The zero-order chi connectivity index (χ0) is 20.5. The minimum absolute atomic E-state index is 0.174. The van der Waals surface area contributed by atoms with E-state index < -0.39 is 17.9 Å². The maximum absolute atomic E-state index is 12.1. The number of aromatic nitrogens is 1. The van der Waals surface area contributed by atoms with Crippen LogP contribution in [0.5, 0.6) is 0 Å². The molecule has 7 heteroatoms. The molecule has 0 unspecified atom stereocenters. The highest BCUT2D eigenvalue weighted by Crippen LogP contribution is 2.23. The summed E-state index contributed by atoms with van der Waals surface area (Å²) < 4.78 is 15.2. The molecule has 1 aromatic carbocycles. The van der Waals surface area contributed by atoms with E-state index in [9.17, 15) is 14.4 Å². The minimum atomic E-state index is -0.918. The molecule has 0 fully saturated rings. The summed E-state index contributed by atoms with van der Waals surface area (Å²) in [6, 6.07) is 7.18. The van der Waals surface area contributed by atoms with Gasteiger partial charge in [0.2, 0.25) is 5.56 Å². The van der Waals surface area contributed by atoms with Crippen molar-refractivity contribution in [1.29, 1.82) is 0 Å². The van der Waals surface area contributed by atoms with Crippen molar-refractivity contribution in [3.8, 4) is 0 Å². The average molecular weight is 389 g/mol. The van der Waals surface area contributed by atoms with Gasteiger partial charge in [0.1, 0.15) is 0 Å². The first-order chi connectivity index (χ1) is 13.5. The number of pyridine rings is 1. The summed E-state index contributed by atoms with van der Waals surface area (Å²) in [5.74, 6) is -2.02. The van der Waals surface area contributed by atoms with Gasteiger partial charge < -0.3 is 19.2 Å².